The summed E-state index contributed by atoms with van der Waals surface area (Å²) in [6.07, 6.45) is -1.55. The van der Waals surface area contributed by atoms with E-state index in [1.807, 2.05) is 0 Å². The standard InChI is InChI=1S/C22H19N5O8S/c23-10-14(21-24-15-5-1-2-6-16(15)25-21)19(29)12-35-22(30)18-9-13(28)11-26(18)36(33,34)20-8-4-3-7-17(20)27(31)32/h1-8,13,18,28-29H,9,11-12H2,(H,24,25). The number of carbonyl (C=O) groups excluding carboxylic acids is 1. The second-order valence-electron chi connectivity index (χ2n) is 7.85. The van der Waals surface area contributed by atoms with E-state index in [1.54, 1.807) is 30.3 Å². The Hall–Kier alpha value is -4.32. The summed E-state index contributed by atoms with van der Waals surface area (Å²) >= 11 is 0. The molecule has 0 amide bonds. The van der Waals surface area contributed by atoms with Gasteiger partial charge in [-0.3, -0.25) is 14.9 Å². The van der Waals surface area contributed by atoms with Crippen LogP contribution in [0.15, 0.2) is 59.2 Å². The van der Waals surface area contributed by atoms with Gasteiger partial charge in [-0.25, -0.2) is 13.4 Å². The number of H-pyrrole nitrogens is 1. The van der Waals surface area contributed by atoms with E-state index >= 15 is 0 Å². The average Bonchev–Trinajstić information content (AvgIpc) is 3.47. The van der Waals surface area contributed by atoms with Crippen LogP contribution in [0.25, 0.3) is 16.6 Å². The van der Waals surface area contributed by atoms with Crippen molar-refractivity contribution in [2.75, 3.05) is 13.2 Å². The number of aromatic nitrogens is 2. The quantitative estimate of drug-likeness (QED) is 0.137. The molecule has 1 fully saturated rings. The molecule has 2 heterocycles. The number of allylic oxidation sites excluding steroid dienone is 1. The van der Waals surface area contributed by atoms with Crippen molar-refractivity contribution < 1.29 is 33.1 Å². The van der Waals surface area contributed by atoms with Crippen molar-refractivity contribution in [1.29, 1.82) is 5.26 Å². The van der Waals surface area contributed by atoms with E-state index in [-0.39, 0.29) is 17.8 Å². The number of ether oxygens (including phenoxy) is 1. The van der Waals surface area contributed by atoms with Crippen LogP contribution in [0.4, 0.5) is 5.69 Å². The van der Waals surface area contributed by atoms with E-state index in [0.29, 0.717) is 15.3 Å². The van der Waals surface area contributed by atoms with Gasteiger partial charge in [0.1, 0.15) is 24.3 Å². The Morgan fingerprint density at radius 1 is 1.28 bits per heavy atom. The lowest BCUT2D eigenvalue weighted by Gasteiger charge is -2.22. The molecule has 0 aliphatic carbocycles. The number of aliphatic hydroxyl groups excluding tert-OH is 2. The van der Waals surface area contributed by atoms with Crippen molar-refractivity contribution in [3.8, 4) is 6.07 Å². The number of nitrogens with zero attached hydrogens (tertiary/aromatic N) is 4. The zero-order valence-electron chi connectivity index (χ0n) is 18.4. The van der Waals surface area contributed by atoms with E-state index in [0.717, 1.165) is 12.1 Å². The first kappa shape index (κ1) is 24.8. The SMILES string of the molecule is N#CC(=C(O)COC(=O)C1CC(O)CN1S(=O)(=O)c1ccccc1[N+](=O)[O-])c1nc2ccccc2[nH]1. The summed E-state index contributed by atoms with van der Waals surface area (Å²) in [7, 11) is -4.57. The largest absolute Gasteiger partial charge is 0.507 e. The fraction of sp³-hybridized carbons (Fsp3) is 0.227. The lowest BCUT2D eigenvalue weighted by atomic mass is 10.2. The van der Waals surface area contributed by atoms with Gasteiger partial charge in [-0.1, -0.05) is 24.3 Å². The number of nitrogens with one attached hydrogen (secondary N) is 1. The number of para-hydroxylation sites is 3. The number of carbonyl (C=O) groups is 1. The molecule has 1 saturated heterocycles. The number of aromatic amines is 1. The Balaban J connectivity index is 1.56. The molecular weight excluding hydrogens is 494 g/mol. The third-order valence-corrected chi connectivity index (χ3v) is 7.45. The first-order valence-corrected chi connectivity index (χ1v) is 11.9. The first-order chi connectivity index (χ1) is 17.1. The maximum absolute atomic E-state index is 13.2. The van der Waals surface area contributed by atoms with E-state index in [4.69, 9.17) is 4.74 Å². The number of nitro benzene ring substituents is 1. The molecule has 3 N–H and O–H groups in total. The highest BCUT2D eigenvalue weighted by atomic mass is 32.2. The number of fused-ring (bicyclic) bond motifs is 1. The van der Waals surface area contributed by atoms with Crippen LogP contribution >= 0.6 is 0 Å². The zero-order chi connectivity index (χ0) is 26.0. The highest BCUT2D eigenvalue weighted by molar-refractivity contribution is 7.89. The molecule has 0 bridgehead atoms. The molecule has 14 heteroatoms. The van der Waals surface area contributed by atoms with Gasteiger partial charge in [-0.05, 0) is 18.2 Å². The summed E-state index contributed by atoms with van der Waals surface area (Å²) in [6.45, 7) is -1.26. The molecule has 36 heavy (non-hydrogen) atoms. The van der Waals surface area contributed by atoms with Crippen LogP contribution in [0.5, 0.6) is 0 Å². The maximum atomic E-state index is 13.2. The second kappa shape index (κ2) is 9.74. The molecule has 2 aromatic carbocycles. The van der Waals surface area contributed by atoms with Crippen LogP contribution in [-0.4, -0.2) is 69.1 Å². The Bertz CT molecular complexity index is 1490. The van der Waals surface area contributed by atoms with Gasteiger partial charge in [-0.15, -0.1) is 0 Å². The Kier molecular flexibility index (Phi) is 6.71. The summed E-state index contributed by atoms with van der Waals surface area (Å²) in [5.74, 6) is -1.69. The molecular formula is C22H19N5O8S. The van der Waals surface area contributed by atoms with Crippen molar-refractivity contribution in [2.45, 2.75) is 23.5 Å². The van der Waals surface area contributed by atoms with Crippen LogP contribution in [0, 0.1) is 21.4 Å². The normalized spacial score (nSPS) is 19.0. The van der Waals surface area contributed by atoms with Gasteiger partial charge < -0.3 is 19.9 Å². The minimum Gasteiger partial charge on any atom is -0.507 e. The number of rotatable bonds is 7. The third-order valence-electron chi connectivity index (χ3n) is 5.53. The highest BCUT2D eigenvalue weighted by Gasteiger charge is 2.46. The van der Waals surface area contributed by atoms with Gasteiger partial charge in [0.2, 0.25) is 0 Å². The Morgan fingerprint density at radius 2 is 1.97 bits per heavy atom. The number of nitro groups is 1. The zero-order valence-corrected chi connectivity index (χ0v) is 19.3. The number of aliphatic hydroxyl groups is 2. The molecule has 0 saturated carbocycles. The second-order valence-corrected chi connectivity index (χ2v) is 9.71. The number of β-amino-alcohol motifs (C(OH)–C–C–N with tert-alkyl or cyclic N) is 1. The van der Waals surface area contributed by atoms with Gasteiger partial charge in [0.15, 0.2) is 16.5 Å². The summed E-state index contributed by atoms with van der Waals surface area (Å²) < 4.78 is 32.0. The Labute approximate surface area is 204 Å². The van der Waals surface area contributed by atoms with Crippen molar-refractivity contribution in [3.05, 3.63) is 70.2 Å². The van der Waals surface area contributed by atoms with Crippen LogP contribution in [-0.2, 0) is 19.6 Å². The number of imidazole rings is 1. The Morgan fingerprint density at radius 3 is 2.67 bits per heavy atom. The lowest BCUT2D eigenvalue weighted by Crippen LogP contribution is -2.41. The highest BCUT2D eigenvalue weighted by Crippen LogP contribution is 2.32. The van der Waals surface area contributed by atoms with Gasteiger partial charge in [0.05, 0.1) is 22.1 Å². The molecule has 2 unspecified atom stereocenters. The minimum atomic E-state index is -4.57. The molecule has 1 aromatic heterocycles. The molecule has 0 spiro atoms. The molecule has 2 atom stereocenters. The van der Waals surface area contributed by atoms with Gasteiger partial charge in [0, 0.05) is 19.0 Å². The van der Waals surface area contributed by atoms with Crippen molar-refractivity contribution in [1.82, 2.24) is 14.3 Å². The van der Waals surface area contributed by atoms with E-state index in [1.165, 1.54) is 12.1 Å². The summed E-state index contributed by atoms with van der Waals surface area (Å²) in [5, 5.41) is 41.3. The van der Waals surface area contributed by atoms with Gasteiger partial charge in [-0.2, -0.15) is 9.57 Å². The number of nitriles is 1. The molecule has 3 aromatic rings. The van der Waals surface area contributed by atoms with Gasteiger partial charge in [0.25, 0.3) is 15.7 Å². The first-order valence-electron chi connectivity index (χ1n) is 10.5. The van der Waals surface area contributed by atoms with Crippen LogP contribution < -0.4 is 0 Å². The summed E-state index contributed by atoms with van der Waals surface area (Å²) in [4.78, 5) is 29.7. The number of esters is 1. The average molecular weight is 513 g/mol. The minimum absolute atomic E-state index is 0.0455. The molecule has 4 rings (SSSR count). The fourth-order valence-electron chi connectivity index (χ4n) is 3.85. The van der Waals surface area contributed by atoms with E-state index in [2.05, 4.69) is 9.97 Å². The molecule has 0 radical (unpaired) electrons. The van der Waals surface area contributed by atoms with E-state index < -0.39 is 62.6 Å². The van der Waals surface area contributed by atoms with Crippen LogP contribution in [0.2, 0.25) is 0 Å². The molecule has 1 aliphatic heterocycles. The van der Waals surface area contributed by atoms with E-state index in [9.17, 15) is 38.8 Å². The lowest BCUT2D eigenvalue weighted by molar-refractivity contribution is -0.387. The summed E-state index contributed by atoms with van der Waals surface area (Å²) in [6, 6.07) is 11.8. The third kappa shape index (κ3) is 4.62. The molecule has 1 aliphatic rings. The van der Waals surface area contributed by atoms with Crippen molar-refractivity contribution >= 4 is 38.3 Å². The monoisotopic (exact) mass is 513 g/mol. The molecule has 186 valence electrons. The fourth-order valence-corrected chi connectivity index (χ4v) is 5.64. The summed E-state index contributed by atoms with van der Waals surface area (Å²) in [5.41, 5.74) is 0.188. The molecule has 13 nitrogen and oxygen atoms in total. The number of sulfonamides is 1. The topological polar surface area (TPSA) is 200 Å². The van der Waals surface area contributed by atoms with Crippen molar-refractivity contribution in [3.63, 3.8) is 0 Å². The smallest absolute Gasteiger partial charge is 0.325 e. The number of hydrogen-bond acceptors (Lipinski definition) is 10. The van der Waals surface area contributed by atoms with Gasteiger partial charge >= 0.3 is 5.97 Å². The number of hydrogen-bond donors (Lipinski definition) is 3. The maximum Gasteiger partial charge on any atom is 0.325 e. The predicted molar refractivity (Wildman–Crippen MR) is 124 cm³/mol. The van der Waals surface area contributed by atoms with Crippen LogP contribution in [0.1, 0.15) is 12.2 Å². The predicted octanol–water partition coefficient (Wildman–Crippen LogP) is 1.63. The van der Waals surface area contributed by atoms with Crippen LogP contribution in [0.3, 0.4) is 0 Å². The number of benzene rings is 2. The van der Waals surface area contributed by atoms with Crippen molar-refractivity contribution in [2.24, 2.45) is 0 Å².